The van der Waals surface area contributed by atoms with E-state index >= 15 is 0 Å². The van der Waals surface area contributed by atoms with Crippen LogP contribution in [0.25, 0.3) is 16.8 Å². The van der Waals surface area contributed by atoms with Gasteiger partial charge in [-0.3, -0.25) is 14.5 Å². The number of amides is 2. The molecule has 2 aromatic carbocycles. The molecule has 0 aliphatic carbocycles. The van der Waals surface area contributed by atoms with Crippen molar-refractivity contribution in [2.75, 3.05) is 20.8 Å². The van der Waals surface area contributed by atoms with E-state index < -0.39 is 24.1 Å². The standard InChI is InChI=1S/C23H17N3O5S/c1-30-19-8-7-13(9-20(19)31-2)17-12-32-21(25-17)16(10-24)18(27)11-26-22(28)14-5-3-4-6-15(14)23(26)29/h3-9,12,27H,11H2,1-2H3/b18-16+. The highest BCUT2D eigenvalue weighted by atomic mass is 32.1. The van der Waals surface area contributed by atoms with Crippen molar-refractivity contribution in [1.29, 1.82) is 5.26 Å². The highest BCUT2D eigenvalue weighted by Crippen LogP contribution is 2.34. The molecule has 0 fully saturated rings. The maximum Gasteiger partial charge on any atom is 0.261 e. The van der Waals surface area contributed by atoms with E-state index in [2.05, 4.69) is 4.98 Å². The van der Waals surface area contributed by atoms with Gasteiger partial charge in [-0.05, 0) is 30.3 Å². The average molecular weight is 447 g/mol. The number of aliphatic hydroxyl groups excluding tert-OH is 1. The number of nitrogens with zero attached hydrogens (tertiary/aromatic N) is 3. The fraction of sp³-hybridized carbons (Fsp3) is 0.130. The molecule has 8 nitrogen and oxygen atoms in total. The minimum Gasteiger partial charge on any atom is -0.509 e. The third kappa shape index (κ3) is 3.57. The van der Waals surface area contributed by atoms with Crippen LogP contribution in [0.15, 0.2) is 53.6 Å². The molecular weight excluding hydrogens is 430 g/mol. The van der Waals surface area contributed by atoms with E-state index in [9.17, 15) is 20.0 Å². The van der Waals surface area contributed by atoms with Gasteiger partial charge in [0.05, 0.1) is 37.6 Å². The van der Waals surface area contributed by atoms with Gasteiger partial charge in [-0.15, -0.1) is 11.3 Å². The fourth-order valence-corrected chi connectivity index (χ4v) is 4.21. The molecule has 0 unspecified atom stereocenters. The van der Waals surface area contributed by atoms with Crippen LogP contribution in [0, 0.1) is 11.3 Å². The van der Waals surface area contributed by atoms with Crippen LogP contribution in [-0.2, 0) is 0 Å². The molecule has 0 atom stereocenters. The van der Waals surface area contributed by atoms with Gasteiger partial charge in [-0.25, -0.2) is 4.98 Å². The summed E-state index contributed by atoms with van der Waals surface area (Å²) in [6.07, 6.45) is 0. The van der Waals surface area contributed by atoms with Crippen molar-refractivity contribution < 1.29 is 24.2 Å². The molecule has 1 aliphatic rings. The van der Waals surface area contributed by atoms with Crippen molar-refractivity contribution in [2.24, 2.45) is 0 Å². The van der Waals surface area contributed by atoms with E-state index in [1.807, 2.05) is 6.07 Å². The Kier molecular flexibility index (Phi) is 5.62. The number of nitriles is 1. The number of rotatable bonds is 6. The lowest BCUT2D eigenvalue weighted by atomic mass is 10.1. The molecule has 4 rings (SSSR count). The average Bonchev–Trinajstić information content (AvgIpc) is 3.39. The summed E-state index contributed by atoms with van der Waals surface area (Å²) in [4.78, 5) is 30.5. The van der Waals surface area contributed by atoms with Crippen molar-refractivity contribution in [3.8, 4) is 28.8 Å². The first-order valence-electron chi connectivity index (χ1n) is 9.44. The second-order valence-corrected chi connectivity index (χ2v) is 7.64. The molecule has 0 spiro atoms. The largest absolute Gasteiger partial charge is 0.509 e. The van der Waals surface area contributed by atoms with Crippen LogP contribution < -0.4 is 9.47 Å². The molecule has 1 N–H and O–H groups in total. The Morgan fingerprint density at radius 1 is 1.09 bits per heavy atom. The summed E-state index contributed by atoms with van der Waals surface area (Å²) < 4.78 is 10.6. The Balaban J connectivity index is 1.62. The van der Waals surface area contributed by atoms with Crippen molar-refractivity contribution in [3.63, 3.8) is 0 Å². The second kappa shape index (κ2) is 8.53. The summed E-state index contributed by atoms with van der Waals surface area (Å²) in [6.45, 7) is -0.416. The van der Waals surface area contributed by atoms with Gasteiger partial charge >= 0.3 is 0 Å². The number of imide groups is 1. The molecule has 0 bridgehead atoms. The van der Waals surface area contributed by atoms with Gasteiger partial charge in [-0.2, -0.15) is 5.26 Å². The molecule has 160 valence electrons. The highest BCUT2D eigenvalue weighted by molar-refractivity contribution is 7.11. The van der Waals surface area contributed by atoms with Crippen LogP contribution in [0.5, 0.6) is 11.5 Å². The predicted molar refractivity (Wildman–Crippen MR) is 118 cm³/mol. The van der Waals surface area contributed by atoms with Gasteiger partial charge in [0.25, 0.3) is 11.8 Å². The zero-order valence-corrected chi connectivity index (χ0v) is 18.0. The smallest absolute Gasteiger partial charge is 0.261 e. The molecule has 0 radical (unpaired) electrons. The lowest BCUT2D eigenvalue weighted by Gasteiger charge is -2.13. The minimum atomic E-state index is -0.514. The lowest BCUT2D eigenvalue weighted by Crippen LogP contribution is -2.32. The number of aliphatic hydroxyl groups is 1. The molecule has 0 saturated carbocycles. The number of thiazole rings is 1. The summed E-state index contributed by atoms with van der Waals surface area (Å²) in [5.41, 5.74) is 1.76. The Labute approximate surface area is 187 Å². The fourth-order valence-electron chi connectivity index (χ4n) is 3.36. The van der Waals surface area contributed by atoms with E-state index in [0.29, 0.717) is 17.2 Å². The van der Waals surface area contributed by atoms with Gasteiger partial charge in [0.2, 0.25) is 0 Å². The van der Waals surface area contributed by atoms with Crippen molar-refractivity contribution in [1.82, 2.24) is 9.88 Å². The lowest BCUT2D eigenvalue weighted by molar-refractivity contribution is 0.0652. The number of allylic oxidation sites excluding steroid dienone is 1. The van der Waals surface area contributed by atoms with E-state index in [0.717, 1.165) is 21.8 Å². The van der Waals surface area contributed by atoms with Gasteiger partial charge < -0.3 is 14.6 Å². The molecule has 1 aromatic heterocycles. The predicted octanol–water partition coefficient (Wildman–Crippen LogP) is 3.92. The van der Waals surface area contributed by atoms with E-state index in [1.165, 1.54) is 7.11 Å². The Bertz CT molecular complexity index is 1270. The molecule has 32 heavy (non-hydrogen) atoms. The first kappa shape index (κ1) is 21.1. The number of aromatic nitrogens is 1. The molecule has 9 heteroatoms. The van der Waals surface area contributed by atoms with Gasteiger partial charge in [-0.1, -0.05) is 12.1 Å². The van der Waals surface area contributed by atoms with Crippen molar-refractivity contribution >= 4 is 28.7 Å². The highest BCUT2D eigenvalue weighted by Gasteiger charge is 2.36. The molecule has 1 aliphatic heterocycles. The van der Waals surface area contributed by atoms with E-state index in [1.54, 1.807) is 55.0 Å². The van der Waals surface area contributed by atoms with Crippen LogP contribution in [0.2, 0.25) is 0 Å². The molecule has 0 saturated heterocycles. The number of carbonyl (C=O) groups is 2. The Hall–Kier alpha value is -4.16. The van der Waals surface area contributed by atoms with Crippen LogP contribution in [0.1, 0.15) is 25.7 Å². The summed E-state index contributed by atoms with van der Waals surface area (Å²) >= 11 is 1.16. The third-order valence-corrected chi connectivity index (χ3v) is 5.84. The molecular formula is C23H17N3O5S. The van der Waals surface area contributed by atoms with Crippen LogP contribution in [0.3, 0.4) is 0 Å². The SMILES string of the molecule is COc1ccc(-c2csc(/C(C#N)=C(/O)CN3C(=O)c4ccccc4C3=O)n2)cc1OC. The number of methoxy groups -OCH3 is 2. The van der Waals surface area contributed by atoms with Crippen LogP contribution >= 0.6 is 11.3 Å². The van der Waals surface area contributed by atoms with Gasteiger partial charge in [0.1, 0.15) is 22.4 Å². The number of fused-ring (bicyclic) bond motifs is 1. The minimum absolute atomic E-state index is 0.0988. The quantitative estimate of drug-likeness (QED) is 0.346. The van der Waals surface area contributed by atoms with Crippen molar-refractivity contribution in [3.05, 3.63) is 69.7 Å². The number of ether oxygens (including phenoxy) is 2. The number of benzene rings is 2. The van der Waals surface area contributed by atoms with E-state index in [-0.39, 0.29) is 21.7 Å². The monoisotopic (exact) mass is 447 g/mol. The first-order chi connectivity index (χ1) is 15.5. The van der Waals surface area contributed by atoms with E-state index in [4.69, 9.17) is 9.47 Å². The Morgan fingerprint density at radius 2 is 1.75 bits per heavy atom. The number of hydrogen-bond acceptors (Lipinski definition) is 8. The van der Waals surface area contributed by atoms with Crippen LogP contribution in [0.4, 0.5) is 0 Å². The number of hydrogen-bond donors (Lipinski definition) is 1. The topological polar surface area (TPSA) is 113 Å². The summed E-state index contributed by atoms with van der Waals surface area (Å²) in [5, 5.41) is 22.3. The van der Waals surface area contributed by atoms with Crippen molar-refractivity contribution in [2.45, 2.75) is 0 Å². The number of carbonyl (C=O) groups excluding carboxylic acids is 2. The van der Waals surface area contributed by atoms with Crippen LogP contribution in [-0.4, -0.2) is 47.6 Å². The Morgan fingerprint density at radius 3 is 2.34 bits per heavy atom. The second-order valence-electron chi connectivity index (χ2n) is 6.78. The third-order valence-electron chi connectivity index (χ3n) is 4.98. The summed E-state index contributed by atoms with van der Waals surface area (Å²) in [7, 11) is 3.07. The molecule has 2 amide bonds. The molecule has 2 heterocycles. The summed E-state index contributed by atoms with van der Waals surface area (Å²) in [6, 6.07) is 13.7. The normalized spacial score (nSPS) is 13.5. The van der Waals surface area contributed by atoms with Gasteiger partial charge in [0, 0.05) is 10.9 Å². The zero-order chi connectivity index (χ0) is 22.8. The zero-order valence-electron chi connectivity index (χ0n) is 17.2. The maximum atomic E-state index is 12.5. The molecule has 3 aromatic rings. The maximum absolute atomic E-state index is 12.5. The summed E-state index contributed by atoms with van der Waals surface area (Å²) in [5.74, 6) is -0.332. The first-order valence-corrected chi connectivity index (χ1v) is 10.3. The van der Waals surface area contributed by atoms with Gasteiger partial charge in [0.15, 0.2) is 11.5 Å².